The highest BCUT2D eigenvalue weighted by Crippen LogP contribution is 2.19. The minimum absolute atomic E-state index is 0.0568. The Morgan fingerprint density at radius 2 is 2.00 bits per heavy atom. The van der Waals surface area contributed by atoms with Gasteiger partial charge in [0, 0.05) is 11.0 Å². The van der Waals surface area contributed by atoms with Gasteiger partial charge in [-0.05, 0) is 0 Å². The first-order valence-electron chi connectivity index (χ1n) is 4.12. The maximum atomic E-state index is 10.5. The van der Waals surface area contributed by atoms with Crippen LogP contribution in [0.3, 0.4) is 0 Å². The third-order valence-electron chi connectivity index (χ3n) is 1.86. The molecule has 4 nitrogen and oxygen atoms in total. The second-order valence-corrected chi connectivity index (χ2v) is 4.41. The van der Waals surface area contributed by atoms with Crippen LogP contribution in [0.15, 0.2) is 0 Å². The lowest BCUT2D eigenvalue weighted by molar-refractivity contribution is -0.140. The zero-order valence-electron chi connectivity index (χ0n) is 7.80. The zero-order chi connectivity index (χ0) is 10.4. The molecular weight excluding hydrogens is 192 g/mol. The lowest BCUT2D eigenvalue weighted by atomic mass is 10.1. The minimum atomic E-state index is -0.835. The van der Waals surface area contributed by atoms with E-state index in [0.29, 0.717) is 5.75 Å². The van der Waals surface area contributed by atoms with Gasteiger partial charge in [-0.25, -0.2) is 0 Å². The maximum Gasteiger partial charge on any atom is 0.307 e. The number of aliphatic hydroxyl groups is 2. The summed E-state index contributed by atoms with van der Waals surface area (Å²) in [7, 11) is 0. The number of rotatable bonds is 6. The van der Waals surface area contributed by atoms with Crippen molar-refractivity contribution in [1.29, 1.82) is 0 Å². The van der Waals surface area contributed by atoms with Crippen molar-refractivity contribution in [2.45, 2.75) is 25.2 Å². The Morgan fingerprint density at radius 3 is 2.38 bits per heavy atom. The average molecular weight is 208 g/mol. The largest absolute Gasteiger partial charge is 0.481 e. The van der Waals surface area contributed by atoms with E-state index >= 15 is 0 Å². The molecule has 0 fully saturated rings. The van der Waals surface area contributed by atoms with E-state index in [9.17, 15) is 4.79 Å². The first kappa shape index (κ1) is 12.7. The standard InChI is InChI=1S/C8H16O4S/c1-5(8(11)12)6(2)13-4-7(10)3-9/h5-7,9-10H,3-4H2,1-2H3,(H,11,12). The zero-order valence-corrected chi connectivity index (χ0v) is 8.62. The van der Waals surface area contributed by atoms with Gasteiger partial charge in [0.15, 0.2) is 0 Å². The van der Waals surface area contributed by atoms with Crippen molar-refractivity contribution in [3.63, 3.8) is 0 Å². The maximum absolute atomic E-state index is 10.5. The summed E-state index contributed by atoms with van der Waals surface area (Å²) in [6, 6.07) is 0. The van der Waals surface area contributed by atoms with Crippen LogP contribution in [0.4, 0.5) is 0 Å². The molecule has 0 spiro atoms. The number of carboxylic acid groups (broad SMARTS) is 1. The van der Waals surface area contributed by atoms with E-state index in [1.807, 2.05) is 0 Å². The van der Waals surface area contributed by atoms with Crippen LogP contribution >= 0.6 is 11.8 Å². The second-order valence-electron chi connectivity index (χ2n) is 3.00. The van der Waals surface area contributed by atoms with Crippen molar-refractivity contribution < 1.29 is 20.1 Å². The number of aliphatic carboxylic acids is 1. The highest BCUT2D eigenvalue weighted by molar-refractivity contribution is 7.99. The first-order chi connectivity index (χ1) is 5.99. The molecule has 3 atom stereocenters. The van der Waals surface area contributed by atoms with Gasteiger partial charge >= 0.3 is 5.97 Å². The van der Waals surface area contributed by atoms with E-state index in [0.717, 1.165) is 0 Å². The van der Waals surface area contributed by atoms with Crippen LogP contribution in [0, 0.1) is 5.92 Å². The second kappa shape index (κ2) is 6.23. The monoisotopic (exact) mass is 208 g/mol. The van der Waals surface area contributed by atoms with Gasteiger partial charge in [-0.1, -0.05) is 13.8 Å². The molecule has 0 aliphatic rings. The molecule has 0 amide bonds. The number of carboxylic acids is 1. The summed E-state index contributed by atoms with van der Waals surface area (Å²) in [6.07, 6.45) is -0.756. The Morgan fingerprint density at radius 1 is 1.46 bits per heavy atom. The molecule has 0 aliphatic heterocycles. The fourth-order valence-electron chi connectivity index (χ4n) is 0.661. The number of hydrogen-bond acceptors (Lipinski definition) is 4. The Kier molecular flexibility index (Phi) is 6.11. The highest BCUT2D eigenvalue weighted by Gasteiger charge is 2.20. The van der Waals surface area contributed by atoms with Crippen LogP contribution in [-0.2, 0) is 4.79 Å². The summed E-state index contributed by atoms with van der Waals surface area (Å²) in [5.74, 6) is -0.899. The minimum Gasteiger partial charge on any atom is -0.481 e. The molecular formula is C8H16O4S. The van der Waals surface area contributed by atoms with Gasteiger partial charge in [-0.2, -0.15) is 11.8 Å². The number of aliphatic hydroxyl groups excluding tert-OH is 2. The fourth-order valence-corrected chi connectivity index (χ4v) is 1.70. The van der Waals surface area contributed by atoms with Crippen LogP contribution in [0.5, 0.6) is 0 Å². The predicted octanol–water partition coefficient (Wildman–Crippen LogP) is 0.182. The van der Waals surface area contributed by atoms with E-state index in [1.54, 1.807) is 13.8 Å². The molecule has 3 N–H and O–H groups in total. The molecule has 0 saturated carbocycles. The van der Waals surface area contributed by atoms with Crippen molar-refractivity contribution in [3.05, 3.63) is 0 Å². The summed E-state index contributed by atoms with van der Waals surface area (Å²) >= 11 is 1.35. The van der Waals surface area contributed by atoms with Gasteiger partial charge < -0.3 is 15.3 Å². The highest BCUT2D eigenvalue weighted by atomic mass is 32.2. The molecule has 13 heavy (non-hydrogen) atoms. The fraction of sp³-hybridized carbons (Fsp3) is 0.875. The summed E-state index contributed by atoms with van der Waals surface area (Å²) in [5.41, 5.74) is 0. The molecule has 78 valence electrons. The first-order valence-corrected chi connectivity index (χ1v) is 5.17. The molecule has 0 radical (unpaired) electrons. The molecule has 0 saturated heterocycles. The van der Waals surface area contributed by atoms with Crippen molar-refractivity contribution in [1.82, 2.24) is 0 Å². The Labute approximate surface area is 82.0 Å². The number of thioether (sulfide) groups is 1. The van der Waals surface area contributed by atoms with Crippen molar-refractivity contribution in [2.75, 3.05) is 12.4 Å². The van der Waals surface area contributed by atoms with Gasteiger partial charge in [-0.3, -0.25) is 4.79 Å². The lowest BCUT2D eigenvalue weighted by Crippen LogP contribution is -2.23. The Bertz CT molecular complexity index is 162. The normalized spacial score (nSPS) is 17.8. The van der Waals surface area contributed by atoms with Crippen LogP contribution < -0.4 is 0 Å². The molecule has 0 aromatic rings. The van der Waals surface area contributed by atoms with Crippen molar-refractivity contribution in [2.24, 2.45) is 5.92 Å². The van der Waals surface area contributed by atoms with E-state index < -0.39 is 18.0 Å². The molecule has 0 heterocycles. The van der Waals surface area contributed by atoms with Gasteiger partial charge in [0.25, 0.3) is 0 Å². The van der Waals surface area contributed by atoms with Gasteiger partial charge in [0.1, 0.15) is 0 Å². The SMILES string of the molecule is CC(SCC(O)CO)C(C)C(=O)O. The van der Waals surface area contributed by atoms with Gasteiger partial charge in [-0.15, -0.1) is 0 Å². The number of hydrogen-bond donors (Lipinski definition) is 3. The molecule has 0 bridgehead atoms. The third-order valence-corrected chi connectivity index (χ3v) is 3.37. The molecule has 3 unspecified atom stereocenters. The van der Waals surface area contributed by atoms with Crippen LogP contribution in [0.2, 0.25) is 0 Å². The Balaban J connectivity index is 3.73. The Hall–Kier alpha value is -0.260. The lowest BCUT2D eigenvalue weighted by Gasteiger charge is -2.16. The van der Waals surface area contributed by atoms with E-state index in [-0.39, 0.29) is 11.9 Å². The molecule has 0 aromatic carbocycles. The third kappa shape index (κ3) is 5.13. The van der Waals surface area contributed by atoms with E-state index in [4.69, 9.17) is 15.3 Å². The topological polar surface area (TPSA) is 77.8 Å². The predicted molar refractivity (Wildman–Crippen MR) is 51.8 cm³/mol. The van der Waals surface area contributed by atoms with Crippen LogP contribution in [0.25, 0.3) is 0 Å². The average Bonchev–Trinajstić information content (AvgIpc) is 2.11. The number of carbonyl (C=O) groups is 1. The van der Waals surface area contributed by atoms with Gasteiger partial charge in [0.05, 0.1) is 18.6 Å². The van der Waals surface area contributed by atoms with Crippen LogP contribution in [0.1, 0.15) is 13.8 Å². The van der Waals surface area contributed by atoms with Crippen molar-refractivity contribution >= 4 is 17.7 Å². The van der Waals surface area contributed by atoms with E-state index in [2.05, 4.69) is 0 Å². The van der Waals surface area contributed by atoms with Crippen molar-refractivity contribution in [3.8, 4) is 0 Å². The molecule has 0 aromatic heterocycles. The quantitative estimate of drug-likeness (QED) is 0.580. The molecule has 0 rings (SSSR count). The van der Waals surface area contributed by atoms with Crippen LogP contribution in [-0.4, -0.2) is 45.0 Å². The summed E-state index contributed by atoms with van der Waals surface area (Å²) in [6.45, 7) is 3.15. The summed E-state index contributed by atoms with van der Waals surface area (Å²) < 4.78 is 0. The summed E-state index contributed by atoms with van der Waals surface area (Å²) in [5, 5.41) is 26.1. The van der Waals surface area contributed by atoms with E-state index in [1.165, 1.54) is 11.8 Å². The van der Waals surface area contributed by atoms with Gasteiger partial charge in [0.2, 0.25) is 0 Å². The summed E-state index contributed by atoms with van der Waals surface area (Å²) in [4.78, 5) is 10.5. The molecule has 5 heteroatoms. The molecule has 0 aliphatic carbocycles. The smallest absolute Gasteiger partial charge is 0.307 e.